The maximum Gasteiger partial charge on any atom is 0.328 e. The average molecular weight is 352 g/mol. The van der Waals surface area contributed by atoms with E-state index in [9.17, 15) is 18.4 Å². The number of H-pyrrole nitrogens is 1. The number of aromatic nitrogens is 2. The van der Waals surface area contributed by atoms with E-state index in [1.165, 1.54) is 6.07 Å². The first kappa shape index (κ1) is 14.0. The van der Waals surface area contributed by atoms with Gasteiger partial charge in [-0.25, -0.2) is 13.6 Å². The van der Waals surface area contributed by atoms with E-state index in [0.29, 0.717) is 0 Å². The summed E-state index contributed by atoms with van der Waals surface area (Å²) in [5.74, 6) is -1.61. The van der Waals surface area contributed by atoms with Gasteiger partial charge < -0.3 is 0 Å². The largest absolute Gasteiger partial charge is 0.328 e. The SMILES string of the molecule is O=c1[nH]c(=O)n(Cc2c(F)ccc(Br)c2F)cc1Cl. The van der Waals surface area contributed by atoms with Crippen LogP contribution in [0, 0.1) is 11.6 Å². The molecule has 0 spiro atoms. The Hall–Kier alpha value is -1.47. The Bertz CT molecular complexity index is 757. The Labute approximate surface area is 118 Å². The van der Waals surface area contributed by atoms with Crippen LogP contribution in [0.3, 0.4) is 0 Å². The van der Waals surface area contributed by atoms with Gasteiger partial charge in [-0.2, -0.15) is 0 Å². The highest BCUT2D eigenvalue weighted by atomic mass is 79.9. The quantitative estimate of drug-likeness (QED) is 0.844. The smallest absolute Gasteiger partial charge is 0.294 e. The molecule has 0 unspecified atom stereocenters. The summed E-state index contributed by atoms with van der Waals surface area (Å²) in [6.07, 6.45) is 1.03. The van der Waals surface area contributed by atoms with Crippen LogP contribution in [-0.2, 0) is 6.54 Å². The molecule has 2 rings (SSSR count). The van der Waals surface area contributed by atoms with E-state index in [-0.39, 0.29) is 21.6 Å². The standard InChI is InChI=1S/C11H6BrClF2N2O2/c12-6-1-2-8(14)5(9(6)15)3-17-4-7(13)10(18)16-11(17)19/h1-2,4H,3H2,(H,16,18,19). The van der Waals surface area contributed by atoms with E-state index in [1.807, 2.05) is 4.98 Å². The zero-order chi connectivity index (χ0) is 14.2. The highest BCUT2D eigenvalue weighted by molar-refractivity contribution is 9.10. The van der Waals surface area contributed by atoms with E-state index in [0.717, 1.165) is 16.8 Å². The molecule has 8 heteroatoms. The first-order chi connectivity index (χ1) is 8.90. The molecule has 0 saturated heterocycles. The van der Waals surface area contributed by atoms with Crippen LogP contribution in [0.15, 0.2) is 32.4 Å². The van der Waals surface area contributed by atoms with Gasteiger partial charge in [-0.15, -0.1) is 0 Å². The summed E-state index contributed by atoms with van der Waals surface area (Å²) in [6, 6.07) is 2.29. The lowest BCUT2D eigenvalue weighted by Crippen LogP contribution is -2.30. The van der Waals surface area contributed by atoms with Crippen molar-refractivity contribution in [3.63, 3.8) is 0 Å². The van der Waals surface area contributed by atoms with Crippen LogP contribution < -0.4 is 11.2 Å². The first-order valence-electron chi connectivity index (χ1n) is 5.02. The molecule has 0 fully saturated rings. The lowest BCUT2D eigenvalue weighted by molar-refractivity contribution is 0.535. The van der Waals surface area contributed by atoms with Crippen LogP contribution in [-0.4, -0.2) is 9.55 Å². The minimum absolute atomic E-state index is 0.0764. The van der Waals surface area contributed by atoms with Crippen LogP contribution >= 0.6 is 27.5 Å². The molecule has 0 saturated carbocycles. The molecular formula is C11H6BrClF2N2O2. The number of hydrogen-bond acceptors (Lipinski definition) is 2. The lowest BCUT2D eigenvalue weighted by Gasteiger charge is -2.08. The van der Waals surface area contributed by atoms with Crippen LogP contribution in [0.1, 0.15) is 5.56 Å². The Morgan fingerprint density at radius 1 is 1.32 bits per heavy atom. The summed E-state index contributed by atoms with van der Waals surface area (Å²) in [4.78, 5) is 24.5. The first-order valence-corrected chi connectivity index (χ1v) is 6.19. The number of rotatable bonds is 2. The fraction of sp³-hybridized carbons (Fsp3) is 0.0909. The van der Waals surface area contributed by atoms with Crippen molar-refractivity contribution in [3.8, 4) is 0 Å². The topological polar surface area (TPSA) is 54.9 Å². The predicted octanol–water partition coefficient (Wildman–Crippen LogP) is 2.28. The molecule has 1 heterocycles. The summed E-state index contributed by atoms with van der Waals surface area (Å²) in [5, 5.41) is -0.240. The van der Waals surface area contributed by atoms with Crippen molar-refractivity contribution < 1.29 is 8.78 Å². The molecule has 1 aromatic carbocycles. The summed E-state index contributed by atoms with van der Waals surface area (Å²) in [5.41, 5.74) is -1.86. The van der Waals surface area contributed by atoms with Crippen molar-refractivity contribution in [2.75, 3.05) is 0 Å². The molecule has 1 aromatic heterocycles. The summed E-state index contributed by atoms with van der Waals surface area (Å²) in [7, 11) is 0. The van der Waals surface area contributed by atoms with Gasteiger partial charge in [-0.1, -0.05) is 11.6 Å². The lowest BCUT2D eigenvalue weighted by atomic mass is 10.2. The van der Waals surface area contributed by atoms with E-state index in [2.05, 4.69) is 15.9 Å². The number of benzene rings is 1. The van der Waals surface area contributed by atoms with E-state index < -0.39 is 22.9 Å². The number of nitrogens with zero attached hydrogens (tertiary/aromatic N) is 1. The Kier molecular flexibility index (Phi) is 3.86. The van der Waals surface area contributed by atoms with Crippen molar-refractivity contribution in [1.29, 1.82) is 0 Å². The predicted molar refractivity (Wildman–Crippen MR) is 69.5 cm³/mol. The normalized spacial score (nSPS) is 10.7. The van der Waals surface area contributed by atoms with Crippen molar-refractivity contribution in [3.05, 3.63) is 65.9 Å². The van der Waals surface area contributed by atoms with E-state index in [1.54, 1.807) is 0 Å². The minimum atomic E-state index is -0.811. The third-order valence-electron chi connectivity index (χ3n) is 2.43. The van der Waals surface area contributed by atoms with Gasteiger partial charge in [-0.05, 0) is 28.1 Å². The highest BCUT2D eigenvalue weighted by Gasteiger charge is 2.14. The number of halogens is 4. The average Bonchev–Trinajstić information content (AvgIpc) is 2.36. The Morgan fingerprint density at radius 2 is 2.00 bits per heavy atom. The fourth-order valence-corrected chi connectivity index (χ4v) is 2.02. The second kappa shape index (κ2) is 5.26. The Morgan fingerprint density at radius 3 is 2.68 bits per heavy atom. The van der Waals surface area contributed by atoms with Crippen molar-refractivity contribution in [2.45, 2.75) is 6.54 Å². The third kappa shape index (κ3) is 2.76. The van der Waals surface area contributed by atoms with Gasteiger partial charge in [0, 0.05) is 11.8 Å². The third-order valence-corrected chi connectivity index (χ3v) is 3.32. The molecule has 100 valence electrons. The summed E-state index contributed by atoms with van der Waals surface area (Å²) < 4.78 is 28.3. The molecular weight excluding hydrogens is 345 g/mol. The summed E-state index contributed by atoms with van der Waals surface area (Å²) in [6.45, 7) is -0.383. The van der Waals surface area contributed by atoms with Crippen molar-refractivity contribution >= 4 is 27.5 Å². The maximum atomic E-state index is 13.8. The maximum absolute atomic E-state index is 13.8. The van der Waals surface area contributed by atoms with E-state index in [4.69, 9.17) is 11.6 Å². The molecule has 4 nitrogen and oxygen atoms in total. The fourth-order valence-electron chi connectivity index (χ4n) is 1.48. The van der Waals surface area contributed by atoms with Crippen LogP contribution in [0.4, 0.5) is 8.78 Å². The highest BCUT2D eigenvalue weighted by Crippen LogP contribution is 2.22. The molecule has 19 heavy (non-hydrogen) atoms. The van der Waals surface area contributed by atoms with Gasteiger partial charge in [0.05, 0.1) is 11.0 Å². The number of nitrogens with one attached hydrogen (secondary N) is 1. The molecule has 0 bridgehead atoms. The molecule has 0 amide bonds. The van der Waals surface area contributed by atoms with Gasteiger partial charge in [0.25, 0.3) is 5.56 Å². The van der Waals surface area contributed by atoms with Gasteiger partial charge in [-0.3, -0.25) is 14.3 Å². The van der Waals surface area contributed by atoms with Crippen LogP contribution in [0.25, 0.3) is 0 Å². The molecule has 1 N–H and O–H groups in total. The van der Waals surface area contributed by atoms with E-state index >= 15 is 0 Å². The molecule has 2 aromatic rings. The minimum Gasteiger partial charge on any atom is -0.294 e. The van der Waals surface area contributed by atoms with Gasteiger partial charge >= 0.3 is 5.69 Å². The molecule has 0 radical (unpaired) electrons. The molecule has 0 aliphatic rings. The summed E-state index contributed by atoms with van der Waals surface area (Å²) >= 11 is 8.49. The Balaban J connectivity index is 2.54. The molecule has 0 aliphatic heterocycles. The van der Waals surface area contributed by atoms with Crippen LogP contribution in [0.2, 0.25) is 5.02 Å². The van der Waals surface area contributed by atoms with Gasteiger partial charge in [0.2, 0.25) is 0 Å². The van der Waals surface area contributed by atoms with Gasteiger partial charge in [0.1, 0.15) is 16.7 Å². The number of aromatic amines is 1. The monoisotopic (exact) mass is 350 g/mol. The molecule has 0 aliphatic carbocycles. The second-order valence-electron chi connectivity index (χ2n) is 3.69. The van der Waals surface area contributed by atoms with Gasteiger partial charge in [0.15, 0.2) is 0 Å². The zero-order valence-electron chi connectivity index (χ0n) is 9.21. The van der Waals surface area contributed by atoms with Crippen LogP contribution in [0.5, 0.6) is 0 Å². The molecule has 0 atom stereocenters. The second-order valence-corrected chi connectivity index (χ2v) is 4.95. The number of hydrogen-bond donors (Lipinski definition) is 1. The van der Waals surface area contributed by atoms with Crippen molar-refractivity contribution in [2.24, 2.45) is 0 Å². The zero-order valence-corrected chi connectivity index (χ0v) is 11.6. The van der Waals surface area contributed by atoms with Crippen molar-refractivity contribution in [1.82, 2.24) is 9.55 Å².